The molecule has 0 saturated carbocycles. The zero-order chi connectivity index (χ0) is 12.4. The van der Waals surface area contributed by atoms with Gasteiger partial charge in [0.1, 0.15) is 12.6 Å². The van der Waals surface area contributed by atoms with Crippen LogP contribution in [0.3, 0.4) is 0 Å². The number of hydrogen-bond acceptors (Lipinski definition) is 5. The number of carbonyl (C=O) groups excluding carboxylic acids is 1. The molecule has 0 aliphatic rings. The maximum absolute atomic E-state index is 11.2. The Hall–Kier alpha value is -1.18. The third kappa shape index (κ3) is 7.16. The van der Waals surface area contributed by atoms with Gasteiger partial charge >= 0.3 is 5.97 Å². The number of carboxylic acid groups (broad SMARTS) is 1. The Morgan fingerprint density at radius 1 is 1.44 bits per heavy atom. The fraction of sp³-hybridized carbons (Fsp3) is 0.778. The molecule has 0 radical (unpaired) electrons. The molecule has 7 nitrogen and oxygen atoms in total. The van der Waals surface area contributed by atoms with Crippen molar-refractivity contribution >= 4 is 11.9 Å². The molecule has 0 heterocycles. The molecule has 16 heavy (non-hydrogen) atoms. The van der Waals surface area contributed by atoms with Crippen LogP contribution < -0.4 is 11.1 Å². The van der Waals surface area contributed by atoms with Crippen molar-refractivity contribution in [3.63, 3.8) is 0 Å². The van der Waals surface area contributed by atoms with Crippen molar-refractivity contribution in [2.24, 2.45) is 5.73 Å². The van der Waals surface area contributed by atoms with E-state index < -0.39 is 17.9 Å². The van der Waals surface area contributed by atoms with Crippen LogP contribution in [0.5, 0.6) is 0 Å². The third-order valence-corrected chi connectivity index (χ3v) is 1.74. The number of nitrogens with two attached hydrogens (primary N) is 1. The van der Waals surface area contributed by atoms with Gasteiger partial charge in [-0.2, -0.15) is 0 Å². The molecule has 0 aromatic heterocycles. The molecule has 0 aromatic rings. The topological polar surface area (TPSA) is 111 Å². The predicted molar refractivity (Wildman–Crippen MR) is 55.9 cm³/mol. The first-order chi connectivity index (χ1) is 7.61. The molecule has 0 aliphatic carbocycles. The van der Waals surface area contributed by atoms with Crippen LogP contribution in [-0.2, 0) is 19.1 Å². The summed E-state index contributed by atoms with van der Waals surface area (Å²) < 4.78 is 9.61. The molecule has 0 fully saturated rings. The van der Waals surface area contributed by atoms with Crippen molar-refractivity contribution in [3.8, 4) is 0 Å². The molecule has 4 N–H and O–H groups in total. The van der Waals surface area contributed by atoms with Gasteiger partial charge in [-0.05, 0) is 0 Å². The lowest BCUT2D eigenvalue weighted by atomic mass is 10.2. The summed E-state index contributed by atoms with van der Waals surface area (Å²) in [4.78, 5) is 22.0. The number of rotatable bonds is 9. The quantitative estimate of drug-likeness (QED) is 0.422. The van der Waals surface area contributed by atoms with Gasteiger partial charge in [-0.1, -0.05) is 0 Å². The summed E-state index contributed by atoms with van der Waals surface area (Å²) in [6, 6.07) is -0.950. The highest BCUT2D eigenvalue weighted by atomic mass is 16.5. The monoisotopic (exact) mass is 234 g/mol. The van der Waals surface area contributed by atoms with Gasteiger partial charge in [-0.15, -0.1) is 0 Å². The molecule has 1 amide bonds. The normalized spacial score (nSPS) is 12.1. The number of methoxy groups -OCH3 is 1. The van der Waals surface area contributed by atoms with Crippen LogP contribution in [0.4, 0.5) is 0 Å². The van der Waals surface area contributed by atoms with E-state index in [1.54, 1.807) is 0 Å². The van der Waals surface area contributed by atoms with Crippen LogP contribution in [0.15, 0.2) is 0 Å². The zero-order valence-electron chi connectivity index (χ0n) is 9.27. The van der Waals surface area contributed by atoms with Crippen LogP contribution >= 0.6 is 0 Å². The smallest absolute Gasteiger partial charge is 0.326 e. The number of carbonyl (C=O) groups is 2. The average molecular weight is 234 g/mol. The third-order valence-electron chi connectivity index (χ3n) is 1.74. The van der Waals surface area contributed by atoms with Crippen molar-refractivity contribution < 1.29 is 24.2 Å². The second-order valence-corrected chi connectivity index (χ2v) is 3.08. The van der Waals surface area contributed by atoms with E-state index in [-0.39, 0.29) is 26.2 Å². The minimum atomic E-state index is -1.09. The van der Waals surface area contributed by atoms with Gasteiger partial charge in [0.05, 0.1) is 6.61 Å². The molecular formula is C9H18N2O5. The Balaban J connectivity index is 3.88. The Labute approximate surface area is 93.9 Å². The van der Waals surface area contributed by atoms with E-state index in [1.807, 2.05) is 0 Å². The molecule has 0 aromatic carbocycles. The molecule has 7 heteroatoms. The van der Waals surface area contributed by atoms with Gasteiger partial charge in [-0.3, -0.25) is 4.79 Å². The molecule has 94 valence electrons. The molecule has 0 bridgehead atoms. The zero-order valence-corrected chi connectivity index (χ0v) is 9.27. The molecule has 1 atom stereocenters. The van der Waals surface area contributed by atoms with Gasteiger partial charge in [0.15, 0.2) is 0 Å². The molecular weight excluding hydrogens is 216 g/mol. The first-order valence-corrected chi connectivity index (χ1v) is 4.90. The SMILES string of the molecule is COCCC(NC(=O)COCCN)C(=O)O. The van der Waals surface area contributed by atoms with Crippen LogP contribution in [-0.4, -0.2) is 56.5 Å². The maximum atomic E-state index is 11.2. The van der Waals surface area contributed by atoms with Crippen molar-refractivity contribution in [1.82, 2.24) is 5.32 Å². The Morgan fingerprint density at radius 3 is 2.62 bits per heavy atom. The van der Waals surface area contributed by atoms with Crippen molar-refractivity contribution in [3.05, 3.63) is 0 Å². The Morgan fingerprint density at radius 2 is 2.12 bits per heavy atom. The number of carboxylic acids is 1. The highest BCUT2D eigenvalue weighted by Gasteiger charge is 2.19. The summed E-state index contributed by atoms with van der Waals surface area (Å²) in [5.74, 6) is -1.57. The van der Waals surface area contributed by atoms with Crippen LogP contribution in [0.25, 0.3) is 0 Å². The summed E-state index contributed by atoms with van der Waals surface area (Å²) in [7, 11) is 1.46. The lowest BCUT2D eigenvalue weighted by Gasteiger charge is -2.13. The van der Waals surface area contributed by atoms with E-state index in [9.17, 15) is 9.59 Å². The Bertz CT molecular complexity index is 222. The van der Waals surface area contributed by atoms with Gasteiger partial charge in [-0.25, -0.2) is 4.79 Å². The van der Waals surface area contributed by atoms with Crippen LogP contribution in [0.1, 0.15) is 6.42 Å². The van der Waals surface area contributed by atoms with Crippen molar-refractivity contribution in [1.29, 1.82) is 0 Å². The minimum absolute atomic E-state index is 0.187. The second-order valence-electron chi connectivity index (χ2n) is 3.08. The van der Waals surface area contributed by atoms with Crippen molar-refractivity contribution in [2.45, 2.75) is 12.5 Å². The van der Waals surface area contributed by atoms with E-state index >= 15 is 0 Å². The van der Waals surface area contributed by atoms with Gasteiger partial charge in [0, 0.05) is 26.7 Å². The maximum Gasteiger partial charge on any atom is 0.326 e. The average Bonchev–Trinajstić information content (AvgIpc) is 2.24. The van der Waals surface area contributed by atoms with E-state index in [0.717, 1.165) is 0 Å². The molecule has 0 saturated heterocycles. The minimum Gasteiger partial charge on any atom is -0.480 e. The van der Waals surface area contributed by atoms with Crippen LogP contribution in [0, 0.1) is 0 Å². The number of ether oxygens (including phenoxy) is 2. The second kappa shape index (κ2) is 9.08. The predicted octanol–water partition coefficient (Wildman–Crippen LogP) is -1.43. The molecule has 0 spiro atoms. The summed E-state index contributed by atoms with van der Waals surface area (Å²) in [6.45, 7) is 0.664. The van der Waals surface area contributed by atoms with Crippen molar-refractivity contribution in [2.75, 3.05) is 33.5 Å². The summed E-state index contributed by atoms with van der Waals surface area (Å²) in [5, 5.41) is 11.1. The first-order valence-electron chi connectivity index (χ1n) is 4.90. The van der Waals surface area contributed by atoms with Gasteiger partial charge in [0.2, 0.25) is 5.91 Å². The number of amides is 1. The molecule has 0 aliphatic heterocycles. The molecule has 1 unspecified atom stereocenters. The highest BCUT2D eigenvalue weighted by molar-refractivity contribution is 5.84. The number of hydrogen-bond donors (Lipinski definition) is 3. The van der Waals surface area contributed by atoms with Gasteiger partial charge < -0.3 is 25.6 Å². The summed E-state index contributed by atoms with van der Waals surface area (Å²) in [5.41, 5.74) is 5.16. The summed E-state index contributed by atoms with van der Waals surface area (Å²) in [6.07, 6.45) is 0.217. The largest absolute Gasteiger partial charge is 0.480 e. The molecule has 0 rings (SSSR count). The Kier molecular flexibility index (Phi) is 8.41. The van der Waals surface area contributed by atoms with Gasteiger partial charge in [0.25, 0.3) is 0 Å². The van der Waals surface area contributed by atoms with E-state index in [0.29, 0.717) is 6.54 Å². The fourth-order valence-electron chi connectivity index (χ4n) is 0.977. The lowest BCUT2D eigenvalue weighted by Crippen LogP contribution is -2.43. The number of aliphatic carboxylic acids is 1. The lowest BCUT2D eigenvalue weighted by molar-refractivity contribution is -0.143. The number of nitrogens with one attached hydrogen (secondary N) is 1. The first kappa shape index (κ1) is 14.8. The summed E-state index contributed by atoms with van der Waals surface area (Å²) >= 11 is 0. The van der Waals surface area contributed by atoms with E-state index in [4.69, 9.17) is 20.3 Å². The van der Waals surface area contributed by atoms with E-state index in [1.165, 1.54) is 7.11 Å². The highest BCUT2D eigenvalue weighted by Crippen LogP contribution is 1.93. The standard InChI is InChI=1S/C9H18N2O5/c1-15-4-2-7(9(13)14)11-8(12)6-16-5-3-10/h7H,2-6,10H2,1H3,(H,11,12)(H,13,14). The fourth-order valence-corrected chi connectivity index (χ4v) is 0.977. The van der Waals surface area contributed by atoms with Crippen LogP contribution in [0.2, 0.25) is 0 Å². The van der Waals surface area contributed by atoms with E-state index in [2.05, 4.69) is 5.32 Å².